The number of aromatic nitrogens is 1. The van der Waals surface area contributed by atoms with Crippen molar-refractivity contribution in [3.05, 3.63) is 48.2 Å². The minimum Gasteiger partial charge on any atom is -0.350 e. The van der Waals surface area contributed by atoms with Gasteiger partial charge in [0.2, 0.25) is 5.91 Å². The van der Waals surface area contributed by atoms with Crippen LogP contribution in [-0.2, 0) is 10.3 Å². The van der Waals surface area contributed by atoms with Crippen LogP contribution in [0.15, 0.2) is 36.9 Å². The highest BCUT2D eigenvalue weighted by Crippen LogP contribution is 2.44. The Balaban J connectivity index is 1.43. The van der Waals surface area contributed by atoms with E-state index in [1.54, 1.807) is 0 Å². The standard InChI is InChI=1S/C24H27N3O3/c1-2-22(29)26-18-6-3-5-15(18)13-21(28)17-8-7-16-11-20-23(30)25-14-24(9-4-10-24)27(20)19(16)12-17/h2,7-8,11-12,15,18H,1,3-6,9-10,13-14H2,(H,25,30)(H,26,29). The summed E-state index contributed by atoms with van der Waals surface area (Å²) in [5.41, 5.74) is 2.32. The van der Waals surface area contributed by atoms with Crippen LogP contribution >= 0.6 is 0 Å². The Hall–Kier alpha value is -2.89. The lowest BCUT2D eigenvalue weighted by atomic mass is 9.75. The van der Waals surface area contributed by atoms with Gasteiger partial charge in [0.05, 0.1) is 5.54 Å². The number of benzene rings is 1. The average molecular weight is 405 g/mol. The molecule has 1 spiro atoms. The van der Waals surface area contributed by atoms with Gasteiger partial charge in [-0.15, -0.1) is 0 Å². The van der Waals surface area contributed by atoms with Gasteiger partial charge in [-0.05, 0) is 56.2 Å². The summed E-state index contributed by atoms with van der Waals surface area (Å²) in [4.78, 5) is 37.3. The smallest absolute Gasteiger partial charge is 0.268 e. The summed E-state index contributed by atoms with van der Waals surface area (Å²) in [7, 11) is 0. The van der Waals surface area contributed by atoms with Crippen LogP contribution in [0.4, 0.5) is 0 Å². The number of carbonyl (C=O) groups is 3. The van der Waals surface area contributed by atoms with E-state index >= 15 is 0 Å². The Morgan fingerprint density at radius 3 is 2.80 bits per heavy atom. The van der Waals surface area contributed by atoms with Crippen LogP contribution in [0.2, 0.25) is 0 Å². The van der Waals surface area contributed by atoms with Gasteiger partial charge in [-0.2, -0.15) is 0 Å². The molecule has 2 atom stereocenters. The molecule has 2 N–H and O–H groups in total. The molecule has 2 aromatic rings. The number of hydrogen-bond donors (Lipinski definition) is 2. The number of amides is 2. The zero-order valence-corrected chi connectivity index (χ0v) is 17.1. The van der Waals surface area contributed by atoms with Crippen molar-refractivity contribution < 1.29 is 14.4 Å². The van der Waals surface area contributed by atoms with E-state index in [-0.39, 0.29) is 35.1 Å². The number of ketones is 1. The van der Waals surface area contributed by atoms with E-state index < -0.39 is 0 Å². The molecular weight excluding hydrogens is 378 g/mol. The lowest BCUT2D eigenvalue weighted by Crippen LogP contribution is -2.55. The van der Waals surface area contributed by atoms with E-state index in [1.165, 1.54) is 6.08 Å². The van der Waals surface area contributed by atoms with Gasteiger partial charge in [0.15, 0.2) is 5.78 Å². The van der Waals surface area contributed by atoms with Crippen molar-refractivity contribution >= 4 is 28.5 Å². The molecular formula is C24H27N3O3. The molecule has 1 aliphatic heterocycles. The van der Waals surface area contributed by atoms with E-state index in [0.29, 0.717) is 24.2 Å². The van der Waals surface area contributed by atoms with Crippen molar-refractivity contribution in [3.8, 4) is 0 Å². The Kier molecular flexibility index (Phi) is 4.53. The second-order valence-corrected chi connectivity index (χ2v) is 9.04. The summed E-state index contributed by atoms with van der Waals surface area (Å²) in [6.07, 6.45) is 7.83. The average Bonchev–Trinajstić information content (AvgIpc) is 3.31. The highest BCUT2D eigenvalue weighted by Gasteiger charge is 2.44. The first kappa shape index (κ1) is 19.1. The molecule has 30 heavy (non-hydrogen) atoms. The minimum absolute atomic E-state index is 0.0335. The monoisotopic (exact) mass is 405 g/mol. The molecule has 2 amide bonds. The Morgan fingerprint density at radius 1 is 1.23 bits per heavy atom. The Bertz CT molecular complexity index is 1060. The predicted molar refractivity (Wildman–Crippen MR) is 115 cm³/mol. The molecule has 156 valence electrons. The maximum absolute atomic E-state index is 13.1. The summed E-state index contributed by atoms with van der Waals surface area (Å²) in [6.45, 7) is 4.17. The largest absolute Gasteiger partial charge is 0.350 e. The fourth-order valence-electron chi connectivity index (χ4n) is 5.52. The van der Waals surface area contributed by atoms with Gasteiger partial charge >= 0.3 is 0 Å². The third kappa shape index (κ3) is 2.97. The number of hydrogen-bond acceptors (Lipinski definition) is 3. The predicted octanol–water partition coefficient (Wildman–Crippen LogP) is 3.31. The van der Waals surface area contributed by atoms with Gasteiger partial charge < -0.3 is 15.2 Å². The maximum atomic E-state index is 13.1. The first-order valence-corrected chi connectivity index (χ1v) is 10.9. The lowest BCUT2D eigenvalue weighted by molar-refractivity contribution is -0.117. The summed E-state index contributed by atoms with van der Waals surface area (Å²) in [6, 6.07) is 7.77. The van der Waals surface area contributed by atoms with Crippen molar-refractivity contribution in [1.82, 2.24) is 15.2 Å². The minimum atomic E-state index is -0.176. The van der Waals surface area contributed by atoms with Gasteiger partial charge in [-0.1, -0.05) is 25.1 Å². The molecule has 2 heterocycles. The fourth-order valence-corrected chi connectivity index (χ4v) is 5.52. The molecule has 2 aliphatic carbocycles. The molecule has 2 unspecified atom stereocenters. The summed E-state index contributed by atoms with van der Waals surface area (Å²) < 4.78 is 2.18. The number of Topliss-reactive ketones (excluding diaryl/α,β-unsaturated/α-hetero) is 1. The summed E-state index contributed by atoms with van der Waals surface area (Å²) in [5, 5.41) is 7.01. The fraction of sp³-hybridized carbons (Fsp3) is 0.458. The molecule has 2 saturated carbocycles. The molecule has 6 nitrogen and oxygen atoms in total. The normalized spacial score (nSPS) is 24.2. The van der Waals surface area contributed by atoms with Crippen LogP contribution in [0, 0.1) is 5.92 Å². The summed E-state index contributed by atoms with van der Waals surface area (Å²) >= 11 is 0. The van der Waals surface area contributed by atoms with Crippen molar-refractivity contribution in [2.75, 3.05) is 6.54 Å². The highest BCUT2D eigenvalue weighted by molar-refractivity contribution is 6.03. The van der Waals surface area contributed by atoms with Crippen molar-refractivity contribution in [3.63, 3.8) is 0 Å². The topological polar surface area (TPSA) is 80.2 Å². The van der Waals surface area contributed by atoms with E-state index in [1.807, 2.05) is 24.3 Å². The van der Waals surface area contributed by atoms with Gasteiger partial charge in [-0.3, -0.25) is 14.4 Å². The molecule has 3 aliphatic rings. The highest BCUT2D eigenvalue weighted by atomic mass is 16.2. The van der Waals surface area contributed by atoms with E-state index in [0.717, 1.165) is 49.4 Å². The molecule has 0 radical (unpaired) electrons. The lowest BCUT2D eigenvalue weighted by Gasteiger charge is -2.47. The van der Waals surface area contributed by atoms with Crippen LogP contribution in [0.3, 0.4) is 0 Å². The number of nitrogens with zero attached hydrogens (tertiary/aromatic N) is 1. The van der Waals surface area contributed by atoms with E-state index in [4.69, 9.17) is 0 Å². The van der Waals surface area contributed by atoms with Crippen LogP contribution in [-0.4, -0.2) is 34.8 Å². The molecule has 6 heteroatoms. The third-order valence-corrected chi connectivity index (χ3v) is 7.32. The number of carbonyl (C=O) groups excluding carboxylic acids is 3. The second-order valence-electron chi connectivity index (χ2n) is 9.04. The maximum Gasteiger partial charge on any atom is 0.268 e. The van der Waals surface area contributed by atoms with Crippen molar-refractivity contribution in [2.45, 2.75) is 56.5 Å². The van der Waals surface area contributed by atoms with Gasteiger partial charge in [0, 0.05) is 35.5 Å². The molecule has 0 saturated heterocycles. The first-order chi connectivity index (χ1) is 14.5. The van der Waals surface area contributed by atoms with Gasteiger partial charge in [0.25, 0.3) is 5.91 Å². The van der Waals surface area contributed by atoms with Crippen LogP contribution < -0.4 is 10.6 Å². The van der Waals surface area contributed by atoms with E-state index in [9.17, 15) is 14.4 Å². The van der Waals surface area contributed by atoms with Gasteiger partial charge in [-0.25, -0.2) is 0 Å². The SMILES string of the molecule is C=CC(=O)NC1CCCC1CC(=O)c1ccc2cc3n(c2c1)C1(CCC1)CNC3=O. The van der Waals surface area contributed by atoms with Gasteiger partial charge in [0.1, 0.15) is 5.69 Å². The number of fused-ring (bicyclic) bond motifs is 4. The van der Waals surface area contributed by atoms with Crippen LogP contribution in [0.5, 0.6) is 0 Å². The quantitative estimate of drug-likeness (QED) is 0.592. The first-order valence-electron chi connectivity index (χ1n) is 10.9. The summed E-state index contributed by atoms with van der Waals surface area (Å²) in [5.74, 6) is 0.0372. The number of nitrogens with one attached hydrogen (secondary N) is 2. The number of rotatable bonds is 5. The zero-order valence-electron chi connectivity index (χ0n) is 17.1. The third-order valence-electron chi connectivity index (χ3n) is 7.32. The Labute approximate surface area is 175 Å². The Morgan fingerprint density at radius 2 is 2.07 bits per heavy atom. The molecule has 1 aromatic heterocycles. The zero-order chi connectivity index (χ0) is 20.9. The molecule has 0 bridgehead atoms. The molecule has 1 aromatic carbocycles. The van der Waals surface area contributed by atoms with Crippen molar-refractivity contribution in [1.29, 1.82) is 0 Å². The molecule has 5 rings (SSSR count). The van der Waals surface area contributed by atoms with Crippen molar-refractivity contribution in [2.24, 2.45) is 5.92 Å². The van der Waals surface area contributed by atoms with Crippen LogP contribution in [0.25, 0.3) is 10.9 Å². The van der Waals surface area contributed by atoms with E-state index in [2.05, 4.69) is 21.8 Å². The van der Waals surface area contributed by atoms with Crippen LogP contribution in [0.1, 0.15) is 65.8 Å². The molecule has 2 fully saturated rings. The second kappa shape index (κ2) is 7.11.